The maximum Gasteiger partial charge on any atom is 0.337 e. The molecule has 0 saturated heterocycles. The third kappa shape index (κ3) is 4.04. The zero-order valence-corrected chi connectivity index (χ0v) is 15.8. The summed E-state index contributed by atoms with van der Waals surface area (Å²) < 4.78 is 16.4. The monoisotopic (exact) mass is 386 g/mol. The largest absolute Gasteiger partial charge is 0.489 e. The molecule has 5 nitrogen and oxygen atoms in total. The van der Waals surface area contributed by atoms with Crippen LogP contribution in [-0.4, -0.2) is 13.1 Å². The Bertz CT molecular complexity index is 1210. The fourth-order valence-electron chi connectivity index (χ4n) is 2.99. The van der Waals surface area contributed by atoms with E-state index in [1.165, 1.54) is 13.2 Å². The molecule has 0 saturated carbocycles. The standard InChI is InChI=1S/C24H18O5/c1-27-24(26)18-9-7-16(8-10-18)15-28-19-11-12-22-20(13-19)21(25)14-23(29-22)17-5-3-2-4-6-17/h2-14H,15H2,1H3. The summed E-state index contributed by atoms with van der Waals surface area (Å²) in [6.07, 6.45) is 0. The SMILES string of the molecule is COC(=O)c1ccc(COc2ccc3oc(-c4ccccc4)cc(=O)c3c2)cc1. The van der Waals surface area contributed by atoms with Gasteiger partial charge in [-0.2, -0.15) is 0 Å². The van der Waals surface area contributed by atoms with Gasteiger partial charge in [-0.05, 0) is 35.9 Å². The van der Waals surface area contributed by atoms with Crippen LogP contribution in [0.3, 0.4) is 0 Å². The number of hydrogen-bond acceptors (Lipinski definition) is 5. The van der Waals surface area contributed by atoms with Crippen molar-refractivity contribution in [3.05, 3.63) is 100 Å². The van der Waals surface area contributed by atoms with E-state index in [9.17, 15) is 9.59 Å². The lowest BCUT2D eigenvalue weighted by atomic mass is 10.1. The minimum absolute atomic E-state index is 0.127. The highest BCUT2D eigenvalue weighted by Crippen LogP contribution is 2.25. The molecule has 144 valence electrons. The molecular weight excluding hydrogens is 368 g/mol. The number of carbonyl (C=O) groups excluding carboxylic acids is 1. The van der Waals surface area contributed by atoms with Gasteiger partial charge in [-0.1, -0.05) is 42.5 Å². The molecule has 0 radical (unpaired) electrons. The number of benzene rings is 3. The molecule has 0 atom stereocenters. The lowest BCUT2D eigenvalue weighted by molar-refractivity contribution is 0.0600. The molecule has 0 bridgehead atoms. The van der Waals surface area contributed by atoms with Crippen LogP contribution in [0.2, 0.25) is 0 Å². The Morgan fingerprint density at radius 3 is 2.41 bits per heavy atom. The van der Waals surface area contributed by atoms with Gasteiger partial charge in [0, 0.05) is 11.6 Å². The van der Waals surface area contributed by atoms with E-state index in [-0.39, 0.29) is 11.4 Å². The van der Waals surface area contributed by atoms with E-state index < -0.39 is 0 Å². The zero-order chi connectivity index (χ0) is 20.2. The van der Waals surface area contributed by atoms with Gasteiger partial charge in [0.2, 0.25) is 0 Å². The van der Waals surface area contributed by atoms with Gasteiger partial charge in [0.15, 0.2) is 5.43 Å². The molecule has 1 heterocycles. The fraction of sp³-hybridized carbons (Fsp3) is 0.0833. The highest BCUT2D eigenvalue weighted by Gasteiger charge is 2.09. The quantitative estimate of drug-likeness (QED) is 0.460. The minimum Gasteiger partial charge on any atom is -0.489 e. The molecule has 0 aliphatic rings. The second-order valence-electron chi connectivity index (χ2n) is 6.48. The molecule has 29 heavy (non-hydrogen) atoms. The van der Waals surface area contributed by atoms with Crippen LogP contribution in [0.25, 0.3) is 22.3 Å². The Labute approximate surface area is 167 Å². The van der Waals surface area contributed by atoms with Crippen molar-refractivity contribution < 1.29 is 18.7 Å². The highest BCUT2D eigenvalue weighted by molar-refractivity contribution is 5.89. The molecule has 3 aromatic carbocycles. The van der Waals surface area contributed by atoms with Crippen LogP contribution in [-0.2, 0) is 11.3 Å². The summed E-state index contributed by atoms with van der Waals surface area (Å²) in [5.41, 5.74) is 2.60. The average molecular weight is 386 g/mol. The van der Waals surface area contributed by atoms with Gasteiger partial charge in [-0.3, -0.25) is 4.79 Å². The number of rotatable bonds is 5. The van der Waals surface area contributed by atoms with E-state index in [1.54, 1.807) is 42.5 Å². The Balaban J connectivity index is 1.54. The van der Waals surface area contributed by atoms with Crippen LogP contribution in [0.5, 0.6) is 5.75 Å². The van der Waals surface area contributed by atoms with Crippen molar-refractivity contribution in [2.45, 2.75) is 6.61 Å². The van der Waals surface area contributed by atoms with Crippen LogP contribution in [0.4, 0.5) is 0 Å². The summed E-state index contributed by atoms with van der Waals surface area (Å²) in [6.45, 7) is 0.306. The van der Waals surface area contributed by atoms with Crippen LogP contribution in [0.1, 0.15) is 15.9 Å². The maximum absolute atomic E-state index is 12.6. The normalized spacial score (nSPS) is 10.7. The summed E-state index contributed by atoms with van der Waals surface area (Å²) in [5.74, 6) is 0.713. The van der Waals surface area contributed by atoms with E-state index >= 15 is 0 Å². The first-order chi connectivity index (χ1) is 14.1. The van der Waals surface area contributed by atoms with Gasteiger partial charge in [-0.15, -0.1) is 0 Å². The van der Waals surface area contributed by atoms with Gasteiger partial charge in [0.25, 0.3) is 0 Å². The molecule has 1 aromatic heterocycles. The van der Waals surface area contributed by atoms with E-state index in [2.05, 4.69) is 4.74 Å². The number of fused-ring (bicyclic) bond motifs is 1. The molecule has 0 aliphatic heterocycles. The van der Waals surface area contributed by atoms with Gasteiger partial charge in [0.05, 0.1) is 18.1 Å². The molecule has 0 spiro atoms. The van der Waals surface area contributed by atoms with Crippen LogP contribution in [0, 0.1) is 0 Å². The highest BCUT2D eigenvalue weighted by atomic mass is 16.5. The predicted molar refractivity (Wildman–Crippen MR) is 110 cm³/mol. The van der Waals surface area contributed by atoms with Crippen molar-refractivity contribution in [1.82, 2.24) is 0 Å². The van der Waals surface area contributed by atoms with Gasteiger partial charge >= 0.3 is 5.97 Å². The van der Waals surface area contributed by atoms with Crippen molar-refractivity contribution in [3.8, 4) is 17.1 Å². The molecule has 4 aromatic rings. The number of carbonyl (C=O) groups is 1. The smallest absolute Gasteiger partial charge is 0.337 e. The van der Waals surface area contributed by atoms with Crippen LogP contribution < -0.4 is 10.2 Å². The first kappa shape index (κ1) is 18.5. The van der Waals surface area contributed by atoms with Gasteiger partial charge in [0.1, 0.15) is 23.7 Å². The van der Waals surface area contributed by atoms with Gasteiger partial charge in [-0.25, -0.2) is 4.79 Å². The molecule has 0 fully saturated rings. The molecule has 0 unspecified atom stereocenters. The van der Waals surface area contributed by atoms with E-state index in [1.807, 2.05) is 30.3 Å². The lowest BCUT2D eigenvalue weighted by Gasteiger charge is -2.08. The first-order valence-electron chi connectivity index (χ1n) is 9.07. The third-order valence-corrected chi connectivity index (χ3v) is 4.54. The van der Waals surface area contributed by atoms with Crippen molar-refractivity contribution in [3.63, 3.8) is 0 Å². The van der Waals surface area contributed by atoms with Crippen molar-refractivity contribution in [2.24, 2.45) is 0 Å². The van der Waals surface area contributed by atoms with E-state index in [0.717, 1.165) is 11.1 Å². The molecule has 0 N–H and O–H groups in total. The summed E-state index contributed by atoms with van der Waals surface area (Å²) >= 11 is 0. The van der Waals surface area contributed by atoms with Gasteiger partial charge < -0.3 is 13.9 Å². The number of methoxy groups -OCH3 is 1. The summed E-state index contributed by atoms with van der Waals surface area (Å²) in [4.78, 5) is 24.1. The summed E-state index contributed by atoms with van der Waals surface area (Å²) in [5, 5.41) is 0.461. The zero-order valence-electron chi connectivity index (χ0n) is 15.8. The Kier molecular flexibility index (Phi) is 5.12. The topological polar surface area (TPSA) is 65.7 Å². The number of esters is 1. The van der Waals surface area contributed by atoms with Crippen molar-refractivity contribution in [2.75, 3.05) is 7.11 Å². The molecular formula is C24H18O5. The Morgan fingerprint density at radius 2 is 1.69 bits per heavy atom. The van der Waals surface area contributed by atoms with Crippen molar-refractivity contribution >= 4 is 16.9 Å². The first-order valence-corrected chi connectivity index (χ1v) is 9.07. The van der Waals surface area contributed by atoms with E-state index in [4.69, 9.17) is 9.15 Å². The van der Waals surface area contributed by atoms with Crippen LogP contribution >= 0.6 is 0 Å². The third-order valence-electron chi connectivity index (χ3n) is 4.54. The fourth-order valence-corrected chi connectivity index (χ4v) is 2.99. The maximum atomic E-state index is 12.6. The second kappa shape index (κ2) is 8.02. The molecule has 0 amide bonds. The van der Waals surface area contributed by atoms with Crippen LogP contribution in [0.15, 0.2) is 88.1 Å². The summed E-state index contributed by atoms with van der Waals surface area (Å²) in [6, 6.07) is 23.1. The molecule has 4 rings (SSSR count). The lowest BCUT2D eigenvalue weighted by Crippen LogP contribution is -2.03. The van der Waals surface area contributed by atoms with E-state index in [0.29, 0.717) is 34.6 Å². The molecule has 5 heteroatoms. The average Bonchev–Trinajstić information content (AvgIpc) is 2.78. The number of ether oxygens (including phenoxy) is 2. The molecule has 0 aliphatic carbocycles. The Hall–Kier alpha value is -3.86. The summed E-state index contributed by atoms with van der Waals surface area (Å²) in [7, 11) is 1.35. The minimum atomic E-state index is -0.381. The van der Waals surface area contributed by atoms with Crippen molar-refractivity contribution in [1.29, 1.82) is 0 Å². The predicted octanol–water partition coefficient (Wildman–Crippen LogP) is 4.83. The Morgan fingerprint density at radius 1 is 0.931 bits per heavy atom. The number of hydrogen-bond donors (Lipinski definition) is 0. The second-order valence-corrected chi connectivity index (χ2v) is 6.48.